The first-order valence-electron chi connectivity index (χ1n) is 7.63. The topological polar surface area (TPSA) is 56.7 Å². The van der Waals surface area contributed by atoms with Crippen LogP contribution < -0.4 is 4.90 Å². The molecule has 1 aromatic heterocycles. The fourth-order valence-electron chi connectivity index (χ4n) is 2.94. The van der Waals surface area contributed by atoms with Gasteiger partial charge in [0, 0.05) is 19.6 Å². The van der Waals surface area contributed by atoms with Crippen LogP contribution in [0.1, 0.15) is 54.9 Å². The number of hydrogen-bond acceptors (Lipinski definition) is 5. The second-order valence-electron chi connectivity index (χ2n) is 5.98. The van der Waals surface area contributed by atoms with Crippen molar-refractivity contribution in [3.63, 3.8) is 0 Å². The second-order valence-corrected chi connectivity index (χ2v) is 6.95. The van der Waals surface area contributed by atoms with Crippen LogP contribution in [0.3, 0.4) is 0 Å². The predicted octanol–water partition coefficient (Wildman–Crippen LogP) is 2.89. The van der Waals surface area contributed by atoms with Crippen LogP contribution in [-0.2, 0) is 0 Å². The molecule has 0 amide bonds. The summed E-state index contributed by atoms with van der Waals surface area (Å²) in [5, 5.41) is 10.1. The zero-order valence-electron chi connectivity index (χ0n) is 13.3. The van der Waals surface area contributed by atoms with E-state index in [1.807, 2.05) is 20.9 Å². The van der Waals surface area contributed by atoms with Crippen LogP contribution in [0.2, 0.25) is 0 Å². The molecule has 1 N–H and O–H groups in total. The van der Waals surface area contributed by atoms with E-state index in [0.29, 0.717) is 16.6 Å². The van der Waals surface area contributed by atoms with Gasteiger partial charge in [0.05, 0.1) is 5.69 Å². The third kappa shape index (κ3) is 3.55. The molecule has 2 heterocycles. The van der Waals surface area contributed by atoms with Crippen molar-refractivity contribution in [2.75, 3.05) is 31.6 Å². The zero-order valence-corrected chi connectivity index (χ0v) is 14.1. The third-order valence-electron chi connectivity index (χ3n) is 4.10. The standard InChI is InChI=1S/C15H25N3O2S/c1-5-18-8-6-7-11(18)9-17(4)15-16-12(10(2)3)13(21-15)14(19)20/h10-11H,5-9H2,1-4H3,(H,19,20). The lowest BCUT2D eigenvalue weighted by molar-refractivity contribution is 0.0700. The van der Waals surface area contributed by atoms with Crippen molar-refractivity contribution < 1.29 is 9.90 Å². The Morgan fingerprint density at radius 3 is 2.81 bits per heavy atom. The Labute approximate surface area is 130 Å². The number of hydrogen-bond donors (Lipinski definition) is 1. The first kappa shape index (κ1) is 16.2. The number of likely N-dealkylation sites (N-methyl/N-ethyl adjacent to an activating group) is 2. The summed E-state index contributed by atoms with van der Waals surface area (Å²) in [6.07, 6.45) is 2.47. The Bertz CT molecular complexity index is 501. The van der Waals surface area contributed by atoms with Crippen LogP contribution in [0.4, 0.5) is 5.13 Å². The van der Waals surface area contributed by atoms with Crippen LogP contribution in [0.15, 0.2) is 0 Å². The normalized spacial score (nSPS) is 19.4. The molecule has 1 saturated heterocycles. The lowest BCUT2D eigenvalue weighted by Crippen LogP contribution is -2.38. The van der Waals surface area contributed by atoms with Crippen LogP contribution in [0.25, 0.3) is 0 Å². The first-order chi connectivity index (χ1) is 9.93. The SMILES string of the molecule is CCN1CCCC1CN(C)c1nc(C(C)C)c(C(=O)O)s1. The average molecular weight is 311 g/mol. The number of likely N-dealkylation sites (tertiary alicyclic amines) is 1. The molecule has 1 fully saturated rings. The van der Waals surface area contributed by atoms with Crippen molar-refractivity contribution in [1.82, 2.24) is 9.88 Å². The van der Waals surface area contributed by atoms with Gasteiger partial charge in [0.15, 0.2) is 5.13 Å². The Balaban J connectivity index is 2.14. The highest BCUT2D eigenvalue weighted by Crippen LogP contribution is 2.31. The van der Waals surface area contributed by atoms with Crippen LogP contribution in [-0.4, -0.2) is 53.7 Å². The van der Waals surface area contributed by atoms with Crippen LogP contribution in [0.5, 0.6) is 0 Å². The molecule has 1 aliphatic heterocycles. The number of carboxylic acids is 1. The number of carbonyl (C=O) groups is 1. The van der Waals surface area contributed by atoms with Crippen molar-refractivity contribution in [2.24, 2.45) is 0 Å². The highest BCUT2D eigenvalue weighted by atomic mass is 32.1. The van der Waals surface area contributed by atoms with Crippen molar-refractivity contribution >= 4 is 22.4 Å². The molecule has 0 spiro atoms. The van der Waals surface area contributed by atoms with E-state index < -0.39 is 5.97 Å². The molecule has 5 nitrogen and oxygen atoms in total. The summed E-state index contributed by atoms with van der Waals surface area (Å²) in [6.45, 7) is 9.33. The number of carboxylic acid groups (broad SMARTS) is 1. The van der Waals surface area contributed by atoms with Crippen molar-refractivity contribution in [2.45, 2.75) is 45.6 Å². The fraction of sp³-hybridized carbons (Fsp3) is 0.733. The maximum atomic E-state index is 11.3. The molecule has 0 aliphatic carbocycles. The quantitative estimate of drug-likeness (QED) is 0.875. The molecule has 6 heteroatoms. The summed E-state index contributed by atoms with van der Waals surface area (Å²) >= 11 is 1.29. The second kappa shape index (κ2) is 6.75. The van der Waals surface area contributed by atoms with Gasteiger partial charge in [-0.05, 0) is 31.8 Å². The predicted molar refractivity (Wildman–Crippen MR) is 86.7 cm³/mol. The summed E-state index contributed by atoms with van der Waals surface area (Å²) in [5.74, 6) is -0.736. The largest absolute Gasteiger partial charge is 0.477 e. The van der Waals surface area contributed by atoms with Gasteiger partial charge < -0.3 is 10.0 Å². The van der Waals surface area contributed by atoms with Gasteiger partial charge in [-0.2, -0.15) is 0 Å². The molecule has 1 aromatic rings. The van der Waals surface area contributed by atoms with Crippen molar-refractivity contribution in [1.29, 1.82) is 0 Å². The van der Waals surface area contributed by atoms with Gasteiger partial charge in [-0.25, -0.2) is 9.78 Å². The summed E-state index contributed by atoms with van der Waals surface area (Å²) in [4.78, 5) is 20.9. The summed E-state index contributed by atoms with van der Waals surface area (Å²) in [7, 11) is 2.01. The summed E-state index contributed by atoms with van der Waals surface area (Å²) in [5.41, 5.74) is 0.702. The van der Waals surface area contributed by atoms with Crippen molar-refractivity contribution in [3.8, 4) is 0 Å². The highest BCUT2D eigenvalue weighted by Gasteiger charge is 2.26. The third-order valence-corrected chi connectivity index (χ3v) is 5.27. The number of aromatic carboxylic acids is 1. The Kier molecular flexibility index (Phi) is 5.22. The Morgan fingerprint density at radius 2 is 2.29 bits per heavy atom. The average Bonchev–Trinajstić information content (AvgIpc) is 3.04. The number of anilines is 1. The first-order valence-corrected chi connectivity index (χ1v) is 8.44. The van der Waals surface area contributed by atoms with Gasteiger partial charge >= 0.3 is 5.97 Å². The van der Waals surface area contributed by atoms with E-state index in [0.717, 1.165) is 18.2 Å². The lowest BCUT2D eigenvalue weighted by atomic mass is 10.1. The fourth-order valence-corrected chi connectivity index (χ4v) is 3.97. The Hall–Kier alpha value is -1.14. The van der Waals surface area contributed by atoms with E-state index in [-0.39, 0.29) is 5.92 Å². The molecule has 2 rings (SSSR count). The molecule has 1 aliphatic rings. The minimum atomic E-state index is -0.869. The molecule has 0 radical (unpaired) electrons. The molecular formula is C15H25N3O2S. The highest BCUT2D eigenvalue weighted by molar-refractivity contribution is 7.17. The molecule has 1 atom stereocenters. The number of aromatic nitrogens is 1. The van der Waals surface area contributed by atoms with E-state index in [2.05, 4.69) is 21.7 Å². The van der Waals surface area contributed by atoms with E-state index in [4.69, 9.17) is 0 Å². The molecule has 1 unspecified atom stereocenters. The maximum absolute atomic E-state index is 11.3. The molecular weight excluding hydrogens is 286 g/mol. The van der Waals surface area contributed by atoms with Gasteiger partial charge in [-0.1, -0.05) is 32.1 Å². The number of thiazole rings is 1. The summed E-state index contributed by atoms with van der Waals surface area (Å²) in [6, 6.07) is 0.555. The van der Waals surface area contributed by atoms with E-state index in [9.17, 15) is 9.90 Å². The van der Waals surface area contributed by atoms with Gasteiger partial charge in [0.2, 0.25) is 0 Å². The Morgan fingerprint density at radius 1 is 1.57 bits per heavy atom. The molecule has 21 heavy (non-hydrogen) atoms. The maximum Gasteiger partial charge on any atom is 0.347 e. The van der Waals surface area contributed by atoms with Crippen LogP contribution in [0, 0.1) is 0 Å². The monoisotopic (exact) mass is 311 g/mol. The minimum absolute atomic E-state index is 0.133. The lowest BCUT2D eigenvalue weighted by Gasteiger charge is -2.27. The van der Waals surface area contributed by atoms with E-state index in [1.54, 1.807) is 0 Å². The number of rotatable bonds is 6. The molecule has 0 aromatic carbocycles. The van der Waals surface area contributed by atoms with E-state index >= 15 is 0 Å². The van der Waals surface area contributed by atoms with Gasteiger partial charge in [0.1, 0.15) is 4.88 Å². The van der Waals surface area contributed by atoms with Crippen molar-refractivity contribution in [3.05, 3.63) is 10.6 Å². The van der Waals surface area contributed by atoms with Crippen LogP contribution >= 0.6 is 11.3 Å². The number of nitrogens with zero attached hydrogens (tertiary/aromatic N) is 3. The van der Waals surface area contributed by atoms with E-state index in [1.165, 1.54) is 30.7 Å². The van der Waals surface area contributed by atoms with Gasteiger partial charge in [-0.15, -0.1) is 0 Å². The molecule has 0 saturated carbocycles. The minimum Gasteiger partial charge on any atom is -0.477 e. The molecule has 0 bridgehead atoms. The van der Waals surface area contributed by atoms with Gasteiger partial charge in [0.25, 0.3) is 0 Å². The summed E-state index contributed by atoms with van der Waals surface area (Å²) < 4.78 is 0. The zero-order chi connectivity index (χ0) is 15.6. The van der Waals surface area contributed by atoms with Gasteiger partial charge in [-0.3, -0.25) is 4.90 Å². The molecule has 118 valence electrons. The smallest absolute Gasteiger partial charge is 0.347 e.